The molecule has 0 unspecified atom stereocenters. The van der Waals surface area contributed by atoms with Gasteiger partial charge in [-0.25, -0.2) is 22.0 Å². The van der Waals surface area contributed by atoms with Crippen molar-refractivity contribution in [2.45, 2.75) is 11.3 Å². The Morgan fingerprint density at radius 3 is 2.48 bits per heavy atom. The van der Waals surface area contributed by atoms with Crippen LogP contribution in [0.5, 0.6) is 0 Å². The van der Waals surface area contributed by atoms with Gasteiger partial charge in [-0.05, 0) is 18.2 Å². The Kier molecular flexibility index (Phi) is 5.53. The zero-order valence-corrected chi connectivity index (χ0v) is 13.5. The van der Waals surface area contributed by atoms with Crippen molar-refractivity contribution in [3.8, 4) is 0 Å². The summed E-state index contributed by atoms with van der Waals surface area (Å²) in [6, 6.07) is 5.62. The minimum atomic E-state index is -3.35. The summed E-state index contributed by atoms with van der Waals surface area (Å²) in [4.78, 5) is 15.4. The van der Waals surface area contributed by atoms with Gasteiger partial charge in [0.25, 0.3) is 6.43 Å². The van der Waals surface area contributed by atoms with Crippen LogP contribution in [0, 0.1) is 0 Å². The van der Waals surface area contributed by atoms with Gasteiger partial charge in [0.1, 0.15) is 0 Å². The SMILES string of the molecule is CS(=O)(=O)c1cccc(NC(=O)N2CCN(CC(F)F)CC2)c1. The van der Waals surface area contributed by atoms with E-state index in [1.54, 1.807) is 17.0 Å². The summed E-state index contributed by atoms with van der Waals surface area (Å²) >= 11 is 0. The van der Waals surface area contributed by atoms with Gasteiger partial charge in [0, 0.05) is 38.1 Å². The van der Waals surface area contributed by atoms with E-state index in [-0.39, 0.29) is 17.5 Å². The van der Waals surface area contributed by atoms with Gasteiger partial charge in [-0.3, -0.25) is 4.90 Å². The molecule has 1 aromatic rings. The summed E-state index contributed by atoms with van der Waals surface area (Å²) in [5, 5.41) is 2.64. The Morgan fingerprint density at radius 2 is 1.91 bits per heavy atom. The number of rotatable bonds is 4. The Balaban J connectivity index is 1.93. The van der Waals surface area contributed by atoms with Crippen LogP contribution in [0.3, 0.4) is 0 Å². The average Bonchev–Trinajstić information content (AvgIpc) is 2.46. The lowest BCUT2D eigenvalue weighted by atomic mass is 10.3. The second-order valence-electron chi connectivity index (χ2n) is 5.41. The average molecular weight is 347 g/mol. The standard InChI is InChI=1S/C14H19F2N3O3S/c1-23(21,22)12-4-2-3-11(9-12)17-14(20)19-7-5-18(6-8-19)10-13(15)16/h2-4,9,13H,5-8,10H2,1H3,(H,17,20). The molecule has 0 aliphatic carbocycles. The highest BCUT2D eigenvalue weighted by molar-refractivity contribution is 7.90. The highest BCUT2D eigenvalue weighted by atomic mass is 32.2. The second kappa shape index (κ2) is 7.22. The van der Waals surface area contributed by atoms with E-state index in [9.17, 15) is 22.0 Å². The Morgan fingerprint density at radius 1 is 1.26 bits per heavy atom. The molecule has 9 heteroatoms. The van der Waals surface area contributed by atoms with E-state index in [0.717, 1.165) is 6.26 Å². The Labute approximate surface area is 134 Å². The van der Waals surface area contributed by atoms with Crippen LogP contribution in [0.4, 0.5) is 19.3 Å². The molecule has 128 valence electrons. The molecule has 1 aliphatic rings. The molecule has 1 heterocycles. The van der Waals surface area contributed by atoms with E-state index in [4.69, 9.17) is 0 Å². The lowest BCUT2D eigenvalue weighted by Gasteiger charge is -2.34. The second-order valence-corrected chi connectivity index (χ2v) is 7.42. The van der Waals surface area contributed by atoms with Gasteiger partial charge in [0.05, 0.1) is 11.4 Å². The zero-order chi connectivity index (χ0) is 17.0. The first-order valence-electron chi connectivity index (χ1n) is 7.12. The maximum absolute atomic E-state index is 12.3. The molecule has 2 rings (SSSR count). The van der Waals surface area contributed by atoms with Crippen molar-refractivity contribution in [2.24, 2.45) is 0 Å². The van der Waals surface area contributed by atoms with Crippen LogP contribution in [0.15, 0.2) is 29.2 Å². The van der Waals surface area contributed by atoms with E-state index in [1.807, 2.05) is 0 Å². The van der Waals surface area contributed by atoms with Crippen LogP contribution in [-0.4, -0.2) is 69.7 Å². The number of nitrogens with zero attached hydrogens (tertiary/aromatic N) is 2. The highest BCUT2D eigenvalue weighted by Gasteiger charge is 2.23. The number of nitrogens with one attached hydrogen (secondary N) is 1. The summed E-state index contributed by atoms with van der Waals surface area (Å²) in [7, 11) is -3.35. The largest absolute Gasteiger partial charge is 0.322 e. The quantitative estimate of drug-likeness (QED) is 0.896. The number of amides is 2. The van der Waals surface area contributed by atoms with Gasteiger partial charge in [-0.2, -0.15) is 0 Å². The first-order valence-corrected chi connectivity index (χ1v) is 9.01. The molecule has 1 aromatic carbocycles. The molecular formula is C14H19F2N3O3S. The topological polar surface area (TPSA) is 69.7 Å². The van der Waals surface area contributed by atoms with Crippen LogP contribution < -0.4 is 5.32 Å². The molecule has 1 fully saturated rings. The summed E-state index contributed by atoms with van der Waals surface area (Å²) in [6.45, 7) is 1.20. The first kappa shape index (κ1) is 17.6. The molecule has 0 atom stereocenters. The Bertz CT molecular complexity index is 659. The highest BCUT2D eigenvalue weighted by Crippen LogP contribution is 2.16. The fourth-order valence-electron chi connectivity index (χ4n) is 2.34. The van der Waals surface area contributed by atoms with Crippen molar-refractivity contribution >= 4 is 21.6 Å². The lowest BCUT2D eigenvalue weighted by molar-refractivity contribution is 0.0651. The maximum Gasteiger partial charge on any atom is 0.321 e. The molecular weight excluding hydrogens is 328 g/mol. The van der Waals surface area contributed by atoms with E-state index in [1.165, 1.54) is 17.0 Å². The van der Waals surface area contributed by atoms with Crippen LogP contribution in [0.1, 0.15) is 0 Å². The number of hydrogen-bond donors (Lipinski definition) is 1. The molecule has 1 aliphatic heterocycles. The van der Waals surface area contributed by atoms with E-state index in [2.05, 4.69) is 5.32 Å². The summed E-state index contributed by atoms with van der Waals surface area (Å²) in [5.41, 5.74) is 0.382. The van der Waals surface area contributed by atoms with E-state index < -0.39 is 16.3 Å². The summed E-state index contributed by atoms with van der Waals surface area (Å²) in [5.74, 6) is 0. The first-order chi connectivity index (χ1) is 10.8. The molecule has 0 aromatic heterocycles. The molecule has 2 amide bonds. The third-order valence-corrected chi connectivity index (χ3v) is 4.68. The number of hydrogen-bond acceptors (Lipinski definition) is 4. The van der Waals surface area contributed by atoms with Crippen molar-refractivity contribution in [3.63, 3.8) is 0 Å². The van der Waals surface area contributed by atoms with Crippen molar-refractivity contribution < 1.29 is 22.0 Å². The lowest BCUT2D eigenvalue weighted by Crippen LogP contribution is -2.50. The molecule has 1 saturated heterocycles. The number of alkyl halides is 2. The predicted octanol–water partition coefficient (Wildman–Crippen LogP) is 1.50. The van der Waals surface area contributed by atoms with Crippen LogP contribution in [0.2, 0.25) is 0 Å². The number of carbonyl (C=O) groups is 1. The molecule has 0 saturated carbocycles. The minimum Gasteiger partial charge on any atom is -0.322 e. The van der Waals surface area contributed by atoms with Gasteiger partial charge in [-0.15, -0.1) is 0 Å². The monoisotopic (exact) mass is 347 g/mol. The molecule has 1 N–H and O–H groups in total. The van der Waals surface area contributed by atoms with Gasteiger partial charge in [-0.1, -0.05) is 6.07 Å². The molecule has 6 nitrogen and oxygen atoms in total. The number of halogens is 2. The van der Waals surface area contributed by atoms with Crippen molar-refractivity contribution in [1.29, 1.82) is 0 Å². The fraction of sp³-hybridized carbons (Fsp3) is 0.500. The third-order valence-electron chi connectivity index (χ3n) is 3.57. The normalized spacial score (nSPS) is 16.6. The number of piperazine rings is 1. The number of urea groups is 1. The van der Waals surface area contributed by atoms with Crippen LogP contribution in [-0.2, 0) is 9.84 Å². The Hall–Kier alpha value is -1.74. The number of carbonyl (C=O) groups excluding carboxylic acids is 1. The van der Waals surface area contributed by atoms with Crippen molar-refractivity contribution in [1.82, 2.24) is 9.80 Å². The fourth-order valence-corrected chi connectivity index (χ4v) is 3.00. The maximum atomic E-state index is 12.3. The number of benzene rings is 1. The molecule has 23 heavy (non-hydrogen) atoms. The minimum absolute atomic E-state index is 0.122. The van der Waals surface area contributed by atoms with Gasteiger partial charge < -0.3 is 10.2 Å². The number of sulfone groups is 1. The van der Waals surface area contributed by atoms with E-state index in [0.29, 0.717) is 31.9 Å². The van der Waals surface area contributed by atoms with E-state index >= 15 is 0 Å². The molecule has 0 bridgehead atoms. The van der Waals surface area contributed by atoms with Gasteiger partial charge in [0.15, 0.2) is 9.84 Å². The summed E-state index contributed by atoms with van der Waals surface area (Å²) in [6.07, 6.45) is -1.29. The zero-order valence-electron chi connectivity index (χ0n) is 12.7. The van der Waals surface area contributed by atoms with Gasteiger partial charge >= 0.3 is 6.03 Å². The van der Waals surface area contributed by atoms with Crippen molar-refractivity contribution in [3.05, 3.63) is 24.3 Å². The molecule has 0 radical (unpaired) electrons. The van der Waals surface area contributed by atoms with Gasteiger partial charge in [0.2, 0.25) is 0 Å². The predicted molar refractivity (Wildman–Crippen MR) is 82.6 cm³/mol. The number of anilines is 1. The molecule has 0 spiro atoms. The summed E-state index contributed by atoms with van der Waals surface area (Å²) < 4.78 is 47.6. The van der Waals surface area contributed by atoms with Crippen molar-refractivity contribution in [2.75, 3.05) is 44.3 Å². The third kappa shape index (κ3) is 5.14. The van der Waals surface area contributed by atoms with Crippen LogP contribution in [0.25, 0.3) is 0 Å². The van der Waals surface area contributed by atoms with Crippen LogP contribution >= 0.6 is 0 Å². The smallest absolute Gasteiger partial charge is 0.321 e.